The minimum atomic E-state index is 0.970. The first-order valence-corrected chi connectivity index (χ1v) is 5.50. The lowest BCUT2D eigenvalue weighted by molar-refractivity contribution is 0.956. The molecule has 1 heterocycles. The predicted octanol–water partition coefficient (Wildman–Crippen LogP) is 2.67. The molecule has 1 N–H and O–H groups in total. The molecule has 2 rings (SSSR count). The largest absolute Gasteiger partial charge is 0.385 e. The second-order valence-corrected chi connectivity index (χ2v) is 4.02. The van der Waals surface area contributed by atoms with Crippen molar-refractivity contribution in [2.75, 3.05) is 30.4 Å². The Morgan fingerprint density at radius 3 is 3.20 bits per heavy atom. The van der Waals surface area contributed by atoms with E-state index in [-0.39, 0.29) is 0 Å². The summed E-state index contributed by atoms with van der Waals surface area (Å²) in [5.41, 5.74) is 4.07. The van der Waals surface area contributed by atoms with Crippen LogP contribution in [0.1, 0.15) is 12.0 Å². The van der Waals surface area contributed by atoms with Gasteiger partial charge in [0, 0.05) is 31.5 Å². The molecule has 1 aromatic carbocycles. The summed E-state index contributed by atoms with van der Waals surface area (Å²) >= 11 is 0. The topological polar surface area (TPSA) is 15.3 Å². The van der Waals surface area contributed by atoms with E-state index in [0.717, 1.165) is 19.5 Å². The van der Waals surface area contributed by atoms with E-state index in [1.807, 2.05) is 6.08 Å². The maximum atomic E-state index is 3.71. The molecule has 0 aliphatic carbocycles. The van der Waals surface area contributed by atoms with Crippen molar-refractivity contribution in [2.45, 2.75) is 12.8 Å². The molecule has 0 bridgehead atoms. The highest BCUT2D eigenvalue weighted by Crippen LogP contribution is 2.28. The molecule has 0 amide bonds. The van der Waals surface area contributed by atoms with E-state index in [9.17, 15) is 0 Å². The van der Waals surface area contributed by atoms with Crippen LogP contribution in [0.2, 0.25) is 0 Å². The van der Waals surface area contributed by atoms with Crippen molar-refractivity contribution < 1.29 is 0 Å². The molecule has 80 valence electrons. The third-order valence-corrected chi connectivity index (χ3v) is 2.88. The van der Waals surface area contributed by atoms with Gasteiger partial charge < -0.3 is 10.2 Å². The van der Waals surface area contributed by atoms with Crippen molar-refractivity contribution in [1.82, 2.24) is 0 Å². The number of likely N-dealkylation sites (N-methyl/N-ethyl adjacent to an activating group) is 1. The second-order valence-electron chi connectivity index (χ2n) is 4.02. The molecule has 1 aromatic rings. The summed E-state index contributed by atoms with van der Waals surface area (Å²) in [6.45, 7) is 5.83. The van der Waals surface area contributed by atoms with E-state index in [4.69, 9.17) is 0 Å². The van der Waals surface area contributed by atoms with Gasteiger partial charge in [-0.15, -0.1) is 6.58 Å². The van der Waals surface area contributed by atoms with E-state index in [1.165, 1.54) is 23.4 Å². The monoisotopic (exact) mass is 202 g/mol. The third-order valence-electron chi connectivity index (χ3n) is 2.88. The smallest absolute Gasteiger partial charge is 0.0398 e. The van der Waals surface area contributed by atoms with Crippen molar-refractivity contribution in [1.29, 1.82) is 0 Å². The molecular weight excluding hydrogens is 184 g/mol. The van der Waals surface area contributed by atoms with E-state index in [2.05, 4.69) is 42.0 Å². The molecular formula is C13H18N2. The number of anilines is 2. The Hall–Kier alpha value is -1.44. The Balaban J connectivity index is 2.06. The molecule has 0 saturated carbocycles. The van der Waals surface area contributed by atoms with Gasteiger partial charge in [0.2, 0.25) is 0 Å². The van der Waals surface area contributed by atoms with Gasteiger partial charge in [-0.3, -0.25) is 0 Å². The molecule has 0 fully saturated rings. The Labute approximate surface area is 91.6 Å². The summed E-state index contributed by atoms with van der Waals surface area (Å²) in [7, 11) is 2.15. The zero-order valence-corrected chi connectivity index (χ0v) is 9.29. The number of hydrogen-bond acceptors (Lipinski definition) is 2. The number of nitrogens with one attached hydrogen (secondary N) is 1. The van der Waals surface area contributed by atoms with E-state index < -0.39 is 0 Å². The van der Waals surface area contributed by atoms with Crippen LogP contribution in [-0.2, 0) is 6.42 Å². The predicted molar refractivity (Wildman–Crippen MR) is 66.7 cm³/mol. The molecule has 0 radical (unpaired) electrons. The lowest BCUT2D eigenvalue weighted by Crippen LogP contribution is -2.12. The summed E-state index contributed by atoms with van der Waals surface area (Å²) in [4.78, 5) is 2.31. The Kier molecular flexibility index (Phi) is 2.95. The van der Waals surface area contributed by atoms with Crippen LogP contribution >= 0.6 is 0 Å². The van der Waals surface area contributed by atoms with Crippen LogP contribution in [0.15, 0.2) is 30.9 Å². The van der Waals surface area contributed by atoms with Crippen LogP contribution in [0.5, 0.6) is 0 Å². The van der Waals surface area contributed by atoms with Gasteiger partial charge in [0.25, 0.3) is 0 Å². The standard InChI is InChI=1S/C13H18N2/c1-3-4-8-14-12-5-6-13-11(10-12)7-9-15(13)2/h3,5-6,10,14H,1,4,7-9H2,2H3. The van der Waals surface area contributed by atoms with Crippen LogP contribution in [0, 0.1) is 0 Å². The maximum Gasteiger partial charge on any atom is 0.0398 e. The van der Waals surface area contributed by atoms with E-state index in [0.29, 0.717) is 0 Å². The molecule has 0 unspecified atom stereocenters. The molecule has 0 spiro atoms. The average Bonchev–Trinajstić information content (AvgIpc) is 2.61. The summed E-state index contributed by atoms with van der Waals surface area (Å²) < 4.78 is 0. The number of nitrogens with zero attached hydrogens (tertiary/aromatic N) is 1. The van der Waals surface area contributed by atoms with Crippen LogP contribution in [0.4, 0.5) is 11.4 Å². The van der Waals surface area contributed by atoms with Crippen molar-refractivity contribution in [3.05, 3.63) is 36.4 Å². The third kappa shape index (κ3) is 2.14. The lowest BCUT2D eigenvalue weighted by Gasteiger charge is -2.12. The summed E-state index contributed by atoms with van der Waals surface area (Å²) in [6, 6.07) is 6.63. The highest BCUT2D eigenvalue weighted by molar-refractivity contribution is 5.63. The van der Waals surface area contributed by atoms with Gasteiger partial charge in [0.05, 0.1) is 0 Å². The van der Waals surface area contributed by atoms with Gasteiger partial charge in [-0.2, -0.15) is 0 Å². The maximum absolute atomic E-state index is 3.71. The van der Waals surface area contributed by atoms with Gasteiger partial charge in [0.1, 0.15) is 0 Å². The first-order valence-electron chi connectivity index (χ1n) is 5.50. The lowest BCUT2D eigenvalue weighted by atomic mass is 10.1. The highest BCUT2D eigenvalue weighted by atomic mass is 15.1. The van der Waals surface area contributed by atoms with Crippen LogP contribution < -0.4 is 10.2 Å². The van der Waals surface area contributed by atoms with E-state index >= 15 is 0 Å². The Bertz CT molecular complexity index is 358. The van der Waals surface area contributed by atoms with Gasteiger partial charge in [-0.25, -0.2) is 0 Å². The summed E-state index contributed by atoms with van der Waals surface area (Å²) in [5.74, 6) is 0. The van der Waals surface area contributed by atoms with Crippen molar-refractivity contribution in [2.24, 2.45) is 0 Å². The van der Waals surface area contributed by atoms with Gasteiger partial charge in [-0.1, -0.05) is 6.08 Å². The number of rotatable bonds is 4. The first-order chi connectivity index (χ1) is 7.31. The van der Waals surface area contributed by atoms with Gasteiger partial charge >= 0.3 is 0 Å². The second kappa shape index (κ2) is 4.39. The average molecular weight is 202 g/mol. The summed E-state index contributed by atoms with van der Waals surface area (Å²) in [6.07, 6.45) is 4.12. The molecule has 1 aliphatic rings. The van der Waals surface area contributed by atoms with Crippen LogP contribution in [0.3, 0.4) is 0 Å². The van der Waals surface area contributed by atoms with Crippen LogP contribution in [-0.4, -0.2) is 20.1 Å². The zero-order chi connectivity index (χ0) is 10.7. The molecule has 2 nitrogen and oxygen atoms in total. The fourth-order valence-electron chi connectivity index (χ4n) is 2.00. The number of hydrogen-bond donors (Lipinski definition) is 1. The van der Waals surface area contributed by atoms with Crippen LogP contribution in [0.25, 0.3) is 0 Å². The molecule has 1 aliphatic heterocycles. The zero-order valence-electron chi connectivity index (χ0n) is 9.29. The van der Waals surface area contributed by atoms with Crippen molar-refractivity contribution in [3.63, 3.8) is 0 Å². The van der Waals surface area contributed by atoms with E-state index in [1.54, 1.807) is 0 Å². The SMILES string of the molecule is C=CCCNc1ccc2c(c1)CCN2C. The first kappa shape index (κ1) is 10.1. The van der Waals surface area contributed by atoms with Crippen molar-refractivity contribution in [3.8, 4) is 0 Å². The highest BCUT2D eigenvalue weighted by Gasteiger charge is 2.14. The minimum Gasteiger partial charge on any atom is -0.385 e. The Morgan fingerprint density at radius 1 is 1.53 bits per heavy atom. The molecule has 2 heteroatoms. The number of benzene rings is 1. The Morgan fingerprint density at radius 2 is 2.40 bits per heavy atom. The number of fused-ring (bicyclic) bond motifs is 1. The fraction of sp³-hybridized carbons (Fsp3) is 0.385. The summed E-state index contributed by atoms with van der Waals surface area (Å²) in [5, 5.41) is 3.40. The van der Waals surface area contributed by atoms with Crippen molar-refractivity contribution >= 4 is 11.4 Å². The quantitative estimate of drug-likeness (QED) is 0.596. The molecule has 0 aromatic heterocycles. The molecule has 15 heavy (non-hydrogen) atoms. The van der Waals surface area contributed by atoms with Gasteiger partial charge in [-0.05, 0) is 36.6 Å². The molecule has 0 atom stereocenters. The molecule has 0 saturated heterocycles. The fourth-order valence-corrected chi connectivity index (χ4v) is 2.00. The normalized spacial score (nSPS) is 13.8. The van der Waals surface area contributed by atoms with Gasteiger partial charge in [0.15, 0.2) is 0 Å². The minimum absolute atomic E-state index is 0.970.